The van der Waals surface area contributed by atoms with Gasteiger partial charge in [-0.2, -0.15) is 4.98 Å². The minimum absolute atomic E-state index is 0.0590. The molecule has 0 amide bonds. The van der Waals surface area contributed by atoms with E-state index < -0.39 is 5.97 Å². The van der Waals surface area contributed by atoms with Gasteiger partial charge in [0.2, 0.25) is 0 Å². The van der Waals surface area contributed by atoms with Gasteiger partial charge in [-0.25, -0.2) is 4.79 Å². The number of carbonyl (C=O) groups excluding carboxylic acids is 1. The molecule has 1 atom stereocenters. The lowest BCUT2D eigenvalue weighted by atomic mass is 10.1. The molecule has 0 fully saturated rings. The molecule has 1 heterocycles. The van der Waals surface area contributed by atoms with Crippen LogP contribution in [-0.2, 0) is 4.74 Å². The minimum Gasteiger partial charge on any atom is -0.461 e. The zero-order valence-corrected chi connectivity index (χ0v) is 10.4. The zero-order valence-electron chi connectivity index (χ0n) is 10.4. The summed E-state index contributed by atoms with van der Waals surface area (Å²) >= 11 is 0. The van der Waals surface area contributed by atoms with Crippen molar-refractivity contribution in [3.8, 4) is 0 Å². The second-order valence-electron chi connectivity index (χ2n) is 3.99. The van der Waals surface area contributed by atoms with E-state index >= 15 is 0 Å². The van der Waals surface area contributed by atoms with Crippen LogP contribution >= 0.6 is 0 Å². The third-order valence-corrected chi connectivity index (χ3v) is 2.36. The molecular weight excluding hydrogens is 222 g/mol. The molecule has 0 spiro atoms. The van der Waals surface area contributed by atoms with Crippen LogP contribution in [0.25, 0.3) is 0 Å². The van der Waals surface area contributed by atoms with Crippen molar-refractivity contribution < 1.29 is 13.9 Å². The second kappa shape index (κ2) is 6.24. The first-order valence-corrected chi connectivity index (χ1v) is 5.67. The molecule has 0 aliphatic rings. The summed E-state index contributed by atoms with van der Waals surface area (Å²) in [6, 6.07) is 0.348. The lowest BCUT2D eigenvalue weighted by molar-refractivity contribution is 0.0519. The van der Waals surface area contributed by atoms with E-state index in [0.717, 1.165) is 0 Å². The predicted octanol–water partition coefficient (Wildman–Crippen LogP) is 1.25. The number of hydrogen-bond donors (Lipinski definition) is 2. The zero-order chi connectivity index (χ0) is 12.8. The first kappa shape index (κ1) is 13.5. The highest BCUT2D eigenvalue weighted by molar-refractivity contribution is 5.87. The molecule has 1 aromatic rings. The van der Waals surface area contributed by atoms with Crippen LogP contribution < -0.4 is 11.1 Å². The number of oxazole rings is 1. The molecule has 0 bridgehead atoms. The van der Waals surface area contributed by atoms with Gasteiger partial charge in [-0.15, -0.1) is 0 Å². The van der Waals surface area contributed by atoms with Crippen LogP contribution in [0.3, 0.4) is 0 Å². The molecule has 1 aromatic heterocycles. The van der Waals surface area contributed by atoms with Crippen LogP contribution in [0.4, 0.5) is 6.01 Å². The average molecular weight is 241 g/mol. The number of nitrogens with zero attached hydrogens (tertiary/aromatic N) is 1. The lowest BCUT2D eigenvalue weighted by Crippen LogP contribution is -2.33. The van der Waals surface area contributed by atoms with Crippen molar-refractivity contribution in [2.75, 3.05) is 18.5 Å². The lowest BCUT2D eigenvalue weighted by Gasteiger charge is -2.18. The number of esters is 1. The third kappa shape index (κ3) is 3.74. The van der Waals surface area contributed by atoms with Crippen LogP contribution in [0.1, 0.15) is 31.3 Å². The summed E-state index contributed by atoms with van der Waals surface area (Å²) in [5.41, 5.74) is 5.77. The van der Waals surface area contributed by atoms with Crippen LogP contribution in [0, 0.1) is 5.92 Å². The molecule has 1 rings (SSSR count). The van der Waals surface area contributed by atoms with E-state index in [4.69, 9.17) is 14.9 Å². The highest BCUT2D eigenvalue weighted by Gasteiger charge is 2.17. The van der Waals surface area contributed by atoms with E-state index in [1.165, 1.54) is 6.26 Å². The number of hydrogen-bond acceptors (Lipinski definition) is 6. The minimum atomic E-state index is -0.488. The highest BCUT2D eigenvalue weighted by atomic mass is 16.5. The summed E-state index contributed by atoms with van der Waals surface area (Å²) in [5.74, 6) is -0.143. The molecule has 0 saturated heterocycles. The van der Waals surface area contributed by atoms with Crippen molar-refractivity contribution >= 4 is 12.0 Å². The SMILES string of the molecule is CCOC(=O)c1coc(NC(CN)C(C)C)n1. The Kier molecular flexibility index (Phi) is 4.96. The Morgan fingerprint density at radius 2 is 2.35 bits per heavy atom. The molecular formula is C11H19N3O3. The van der Waals surface area contributed by atoms with Crippen LogP contribution in [0.2, 0.25) is 0 Å². The quantitative estimate of drug-likeness (QED) is 0.728. The fourth-order valence-electron chi connectivity index (χ4n) is 1.30. The predicted molar refractivity (Wildman–Crippen MR) is 63.8 cm³/mol. The number of rotatable bonds is 6. The second-order valence-corrected chi connectivity index (χ2v) is 3.99. The molecule has 0 radical (unpaired) electrons. The van der Waals surface area contributed by atoms with Crippen molar-refractivity contribution in [3.63, 3.8) is 0 Å². The molecule has 1 unspecified atom stereocenters. The van der Waals surface area contributed by atoms with Crippen molar-refractivity contribution in [3.05, 3.63) is 12.0 Å². The number of nitrogens with one attached hydrogen (secondary N) is 1. The van der Waals surface area contributed by atoms with Gasteiger partial charge in [-0.1, -0.05) is 13.8 Å². The van der Waals surface area contributed by atoms with E-state index in [1.54, 1.807) is 6.92 Å². The molecule has 0 aromatic carbocycles. The van der Waals surface area contributed by atoms with Crippen molar-refractivity contribution in [2.24, 2.45) is 11.7 Å². The summed E-state index contributed by atoms with van der Waals surface area (Å²) < 4.78 is 9.94. The highest BCUT2D eigenvalue weighted by Crippen LogP contribution is 2.12. The number of nitrogens with two attached hydrogens (primary N) is 1. The Bertz CT molecular complexity index is 363. The molecule has 96 valence electrons. The molecule has 0 saturated carbocycles. The van der Waals surface area contributed by atoms with Crippen molar-refractivity contribution in [1.29, 1.82) is 0 Å². The normalized spacial score (nSPS) is 12.5. The van der Waals surface area contributed by atoms with Crippen LogP contribution in [0.5, 0.6) is 0 Å². The van der Waals surface area contributed by atoms with Gasteiger partial charge in [0.25, 0.3) is 6.01 Å². The summed E-state index contributed by atoms with van der Waals surface area (Å²) in [4.78, 5) is 15.3. The molecule has 17 heavy (non-hydrogen) atoms. The van der Waals surface area contributed by atoms with Crippen molar-refractivity contribution in [1.82, 2.24) is 4.98 Å². The first-order valence-electron chi connectivity index (χ1n) is 5.67. The van der Waals surface area contributed by atoms with Gasteiger partial charge in [-0.3, -0.25) is 0 Å². The van der Waals surface area contributed by atoms with Crippen LogP contribution in [-0.4, -0.2) is 30.1 Å². The monoisotopic (exact) mass is 241 g/mol. The van der Waals surface area contributed by atoms with Gasteiger partial charge in [0.1, 0.15) is 6.26 Å². The standard InChI is InChI=1S/C11H19N3O3/c1-4-16-10(15)9-6-17-11(14-9)13-8(5-12)7(2)3/h6-8H,4-5,12H2,1-3H3,(H,13,14). The molecule has 6 heteroatoms. The Morgan fingerprint density at radius 1 is 1.65 bits per heavy atom. The maximum absolute atomic E-state index is 11.4. The summed E-state index contributed by atoms with van der Waals surface area (Å²) in [6.07, 6.45) is 1.27. The van der Waals surface area contributed by atoms with E-state index in [0.29, 0.717) is 19.1 Å². The van der Waals surface area contributed by atoms with Gasteiger partial charge in [-0.05, 0) is 12.8 Å². The van der Waals surface area contributed by atoms with Gasteiger partial charge in [0.05, 0.1) is 6.61 Å². The molecule has 0 aliphatic carbocycles. The van der Waals surface area contributed by atoms with E-state index in [2.05, 4.69) is 10.3 Å². The van der Waals surface area contributed by atoms with Gasteiger partial charge >= 0.3 is 5.97 Å². The first-order chi connectivity index (χ1) is 8.08. The van der Waals surface area contributed by atoms with Gasteiger partial charge in [0.15, 0.2) is 5.69 Å². The summed E-state index contributed by atoms with van der Waals surface area (Å²) in [6.45, 7) is 6.60. The largest absolute Gasteiger partial charge is 0.461 e. The number of carbonyl (C=O) groups is 1. The summed E-state index contributed by atoms with van der Waals surface area (Å²) in [5, 5.41) is 3.03. The fraction of sp³-hybridized carbons (Fsp3) is 0.636. The van der Waals surface area contributed by atoms with Gasteiger partial charge in [0, 0.05) is 12.6 Å². The number of ether oxygens (including phenoxy) is 1. The number of aromatic nitrogens is 1. The van der Waals surface area contributed by atoms with E-state index in [-0.39, 0.29) is 17.8 Å². The smallest absolute Gasteiger partial charge is 0.360 e. The Balaban J connectivity index is 2.64. The Hall–Kier alpha value is -1.56. The molecule has 3 N–H and O–H groups in total. The van der Waals surface area contributed by atoms with E-state index in [9.17, 15) is 4.79 Å². The third-order valence-electron chi connectivity index (χ3n) is 2.36. The van der Waals surface area contributed by atoms with Crippen molar-refractivity contribution in [2.45, 2.75) is 26.8 Å². The molecule has 6 nitrogen and oxygen atoms in total. The topological polar surface area (TPSA) is 90.4 Å². The fourth-order valence-corrected chi connectivity index (χ4v) is 1.30. The maximum Gasteiger partial charge on any atom is 0.360 e. The average Bonchev–Trinajstić information content (AvgIpc) is 2.74. The Morgan fingerprint density at radius 3 is 2.88 bits per heavy atom. The van der Waals surface area contributed by atoms with E-state index in [1.807, 2.05) is 13.8 Å². The molecule has 0 aliphatic heterocycles. The number of anilines is 1. The van der Waals surface area contributed by atoms with Gasteiger partial charge < -0.3 is 20.2 Å². The summed E-state index contributed by atoms with van der Waals surface area (Å²) in [7, 11) is 0. The maximum atomic E-state index is 11.4. The van der Waals surface area contributed by atoms with Crippen LogP contribution in [0.15, 0.2) is 10.7 Å². The Labute approximate surface area is 101 Å².